The lowest BCUT2D eigenvalue weighted by Crippen LogP contribution is -1.88. The van der Waals surface area contributed by atoms with Crippen LogP contribution in [0.2, 0.25) is 0 Å². The molecule has 14 heavy (non-hydrogen) atoms. The molecule has 0 atom stereocenters. The summed E-state index contributed by atoms with van der Waals surface area (Å²) < 4.78 is 0. The second-order valence-electron chi connectivity index (χ2n) is 3.10. The van der Waals surface area contributed by atoms with Crippen LogP contribution in [0.4, 0.5) is 0 Å². The van der Waals surface area contributed by atoms with E-state index in [9.17, 15) is 10.2 Å². The summed E-state index contributed by atoms with van der Waals surface area (Å²) in [5, 5.41) is 19.0. The van der Waals surface area contributed by atoms with Gasteiger partial charge < -0.3 is 10.2 Å². The first-order chi connectivity index (χ1) is 6.69. The van der Waals surface area contributed by atoms with Gasteiger partial charge >= 0.3 is 0 Å². The molecule has 0 amide bonds. The minimum absolute atomic E-state index is 0.107. The van der Waals surface area contributed by atoms with Gasteiger partial charge in [-0.1, -0.05) is 12.2 Å². The Bertz CT molecular complexity index is 322. The van der Waals surface area contributed by atoms with Gasteiger partial charge in [-0.3, -0.25) is 0 Å². The Morgan fingerprint density at radius 2 is 1.36 bits per heavy atom. The zero-order valence-electron chi connectivity index (χ0n) is 8.03. The van der Waals surface area contributed by atoms with Gasteiger partial charge in [0.1, 0.15) is 11.5 Å². The largest absolute Gasteiger partial charge is 0.508 e. The van der Waals surface area contributed by atoms with Crippen molar-refractivity contribution in [3.05, 3.63) is 48.6 Å². The molecule has 2 heteroatoms. The Morgan fingerprint density at radius 1 is 0.929 bits per heavy atom. The van der Waals surface area contributed by atoms with Crippen LogP contribution in [-0.2, 0) is 12.8 Å². The van der Waals surface area contributed by atoms with E-state index < -0.39 is 0 Å². The Labute approximate surface area is 83.8 Å². The van der Waals surface area contributed by atoms with Gasteiger partial charge in [0, 0.05) is 6.07 Å². The van der Waals surface area contributed by atoms with Crippen molar-refractivity contribution in [3.63, 3.8) is 0 Å². The first-order valence-corrected chi connectivity index (χ1v) is 4.44. The average Bonchev–Trinajstić information content (AvgIpc) is 2.14. The fourth-order valence-electron chi connectivity index (χ4n) is 1.31. The van der Waals surface area contributed by atoms with Crippen molar-refractivity contribution >= 4 is 0 Å². The number of hydrogen-bond donors (Lipinski definition) is 2. The summed E-state index contributed by atoms with van der Waals surface area (Å²) >= 11 is 0. The normalized spacial score (nSPS) is 9.71. The molecule has 0 bridgehead atoms. The highest BCUT2D eigenvalue weighted by Gasteiger charge is 2.06. The van der Waals surface area contributed by atoms with Crippen LogP contribution < -0.4 is 0 Å². The van der Waals surface area contributed by atoms with Crippen LogP contribution in [0.15, 0.2) is 37.4 Å². The maximum atomic E-state index is 9.48. The average molecular weight is 190 g/mol. The minimum atomic E-state index is 0.107. The quantitative estimate of drug-likeness (QED) is 0.716. The lowest BCUT2D eigenvalue weighted by atomic mass is 10.0. The van der Waals surface area contributed by atoms with Crippen molar-refractivity contribution in [1.82, 2.24) is 0 Å². The summed E-state index contributed by atoms with van der Waals surface area (Å²) in [5.41, 5.74) is 1.55. The van der Waals surface area contributed by atoms with Crippen LogP contribution >= 0.6 is 0 Å². The zero-order chi connectivity index (χ0) is 10.6. The SMILES string of the molecule is C=CCc1cc(CC=C)c(O)cc1O. The Balaban J connectivity index is 3.11. The van der Waals surface area contributed by atoms with E-state index >= 15 is 0 Å². The van der Waals surface area contributed by atoms with E-state index in [0.717, 1.165) is 11.1 Å². The zero-order valence-corrected chi connectivity index (χ0v) is 8.03. The maximum absolute atomic E-state index is 9.48. The summed E-state index contributed by atoms with van der Waals surface area (Å²) in [6.45, 7) is 7.20. The van der Waals surface area contributed by atoms with Crippen LogP contribution in [0.5, 0.6) is 11.5 Å². The van der Waals surface area contributed by atoms with Gasteiger partial charge in [0.05, 0.1) is 0 Å². The highest BCUT2D eigenvalue weighted by Crippen LogP contribution is 2.28. The van der Waals surface area contributed by atoms with E-state index in [0.29, 0.717) is 12.8 Å². The van der Waals surface area contributed by atoms with E-state index in [1.165, 1.54) is 6.07 Å². The molecule has 2 N–H and O–H groups in total. The van der Waals surface area contributed by atoms with E-state index in [1.807, 2.05) is 0 Å². The highest BCUT2D eigenvalue weighted by atomic mass is 16.3. The Kier molecular flexibility index (Phi) is 3.35. The van der Waals surface area contributed by atoms with Gasteiger partial charge in [-0.25, -0.2) is 0 Å². The summed E-state index contributed by atoms with van der Waals surface area (Å²) in [7, 11) is 0. The standard InChI is InChI=1S/C12H14O2/c1-3-5-9-7-10(6-4-2)12(14)8-11(9)13/h3-4,7-8,13-14H,1-2,5-6H2. The molecule has 2 nitrogen and oxygen atoms in total. The van der Waals surface area contributed by atoms with Gasteiger partial charge in [-0.15, -0.1) is 13.2 Å². The van der Waals surface area contributed by atoms with Crippen molar-refractivity contribution in [2.75, 3.05) is 0 Å². The molecule has 0 radical (unpaired) electrons. The lowest BCUT2D eigenvalue weighted by Gasteiger charge is -2.07. The van der Waals surface area contributed by atoms with Crippen molar-refractivity contribution in [1.29, 1.82) is 0 Å². The second kappa shape index (κ2) is 4.51. The fourth-order valence-corrected chi connectivity index (χ4v) is 1.31. The minimum Gasteiger partial charge on any atom is -0.508 e. The predicted molar refractivity (Wildman–Crippen MR) is 57.6 cm³/mol. The fraction of sp³-hybridized carbons (Fsp3) is 0.167. The van der Waals surface area contributed by atoms with Crippen molar-refractivity contribution < 1.29 is 10.2 Å². The molecule has 0 saturated carbocycles. The number of hydrogen-bond acceptors (Lipinski definition) is 2. The highest BCUT2D eigenvalue weighted by molar-refractivity contribution is 5.46. The Hall–Kier alpha value is -1.70. The molecule has 0 saturated heterocycles. The summed E-state index contributed by atoms with van der Waals surface area (Å²) in [5.74, 6) is 0.213. The van der Waals surface area contributed by atoms with Gasteiger partial charge in [0.15, 0.2) is 0 Å². The van der Waals surface area contributed by atoms with Crippen LogP contribution in [-0.4, -0.2) is 10.2 Å². The predicted octanol–water partition coefficient (Wildman–Crippen LogP) is 2.55. The summed E-state index contributed by atoms with van der Waals surface area (Å²) in [4.78, 5) is 0. The third kappa shape index (κ3) is 2.16. The summed E-state index contributed by atoms with van der Waals surface area (Å²) in [6, 6.07) is 3.13. The lowest BCUT2D eigenvalue weighted by molar-refractivity contribution is 0.443. The van der Waals surface area contributed by atoms with Crippen LogP contribution in [0.1, 0.15) is 11.1 Å². The molecule has 0 heterocycles. The molecule has 0 spiro atoms. The van der Waals surface area contributed by atoms with E-state index in [4.69, 9.17) is 0 Å². The number of aromatic hydroxyl groups is 2. The van der Waals surface area contributed by atoms with E-state index in [2.05, 4.69) is 13.2 Å². The van der Waals surface area contributed by atoms with Gasteiger partial charge in [0.25, 0.3) is 0 Å². The molecule has 0 aliphatic carbocycles. The molecule has 1 aromatic rings. The van der Waals surface area contributed by atoms with E-state index in [-0.39, 0.29) is 11.5 Å². The smallest absolute Gasteiger partial charge is 0.122 e. The molecule has 1 aromatic carbocycles. The first-order valence-electron chi connectivity index (χ1n) is 4.44. The molecule has 0 aliphatic heterocycles. The monoisotopic (exact) mass is 190 g/mol. The number of rotatable bonds is 4. The maximum Gasteiger partial charge on any atom is 0.122 e. The molecule has 0 unspecified atom stereocenters. The topological polar surface area (TPSA) is 40.5 Å². The van der Waals surface area contributed by atoms with Gasteiger partial charge in [-0.2, -0.15) is 0 Å². The third-order valence-electron chi connectivity index (χ3n) is 2.01. The number of benzene rings is 1. The van der Waals surface area contributed by atoms with Crippen molar-refractivity contribution in [2.24, 2.45) is 0 Å². The molecular formula is C12H14O2. The number of allylic oxidation sites excluding steroid dienone is 2. The molecule has 0 aromatic heterocycles. The van der Waals surface area contributed by atoms with Crippen molar-refractivity contribution in [3.8, 4) is 11.5 Å². The molecule has 74 valence electrons. The van der Waals surface area contributed by atoms with Crippen LogP contribution in [0.3, 0.4) is 0 Å². The van der Waals surface area contributed by atoms with Gasteiger partial charge in [-0.05, 0) is 30.0 Å². The summed E-state index contributed by atoms with van der Waals surface area (Å²) in [6.07, 6.45) is 4.61. The molecular weight excluding hydrogens is 176 g/mol. The van der Waals surface area contributed by atoms with E-state index in [1.54, 1.807) is 18.2 Å². The second-order valence-corrected chi connectivity index (χ2v) is 3.10. The third-order valence-corrected chi connectivity index (χ3v) is 2.01. The number of phenols is 2. The van der Waals surface area contributed by atoms with Crippen LogP contribution in [0, 0.1) is 0 Å². The van der Waals surface area contributed by atoms with Crippen molar-refractivity contribution in [2.45, 2.75) is 12.8 Å². The van der Waals surface area contributed by atoms with Crippen LogP contribution in [0.25, 0.3) is 0 Å². The number of phenolic OH excluding ortho intramolecular Hbond substituents is 2. The molecule has 0 fully saturated rings. The molecule has 1 rings (SSSR count). The van der Waals surface area contributed by atoms with Gasteiger partial charge in [0.2, 0.25) is 0 Å². The molecule has 0 aliphatic rings. The Morgan fingerprint density at radius 3 is 1.71 bits per heavy atom. The first kappa shape index (κ1) is 10.4.